The molecule has 192 valence electrons. The van der Waals surface area contributed by atoms with E-state index in [-0.39, 0.29) is 24.9 Å². The van der Waals surface area contributed by atoms with E-state index in [0.717, 1.165) is 12.8 Å². The van der Waals surface area contributed by atoms with Gasteiger partial charge in [0.2, 0.25) is 0 Å². The number of hydrogen-bond donors (Lipinski definition) is 4. The normalized spacial score (nSPS) is 27.4. The molecule has 0 aromatic heterocycles. The minimum absolute atomic E-state index is 0.110. The maximum atomic E-state index is 11.5. The number of rotatable bonds is 14. The van der Waals surface area contributed by atoms with Gasteiger partial charge in [-0.3, -0.25) is 0 Å². The summed E-state index contributed by atoms with van der Waals surface area (Å²) in [6, 6.07) is 0.248. The molecule has 0 bridgehead atoms. The van der Waals surface area contributed by atoms with E-state index in [1.54, 1.807) is 20.8 Å². The van der Waals surface area contributed by atoms with Crippen molar-refractivity contribution in [3.05, 3.63) is 0 Å². The summed E-state index contributed by atoms with van der Waals surface area (Å²) in [6.45, 7) is 15.0. The van der Waals surface area contributed by atoms with Crippen LogP contribution in [0.4, 0.5) is 0 Å². The summed E-state index contributed by atoms with van der Waals surface area (Å²) < 4.78 is 18.4. The SMILES string of the molecule is B[C@H]1CCC(CC(C)(CC)OP(O)C(C)(CC)C(C)(CC)O[PH](O)(O)C(O)(CC)CC)O1. The molecule has 4 N–H and O–H groups in total. The molecule has 1 aliphatic heterocycles. The Morgan fingerprint density at radius 2 is 1.53 bits per heavy atom. The summed E-state index contributed by atoms with van der Waals surface area (Å²) in [5, 5.41) is 8.26. The van der Waals surface area contributed by atoms with Crippen LogP contribution in [-0.4, -0.2) is 61.4 Å². The topological polar surface area (TPSA) is 109 Å². The summed E-state index contributed by atoms with van der Waals surface area (Å²) >= 11 is 0. The molecule has 1 fully saturated rings. The van der Waals surface area contributed by atoms with Gasteiger partial charge in [0.25, 0.3) is 0 Å². The molecule has 7 nitrogen and oxygen atoms in total. The summed E-state index contributed by atoms with van der Waals surface area (Å²) in [5.74, 6) is 0. The third kappa shape index (κ3) is 6.44. The van der Waals surface area contributed by atoms with Crippen molar-refractivity contribution < 1.29 is 33.6 Å². The van der Waals surface area contributed by atoms with Crippen LogP contribution in [0.2, 0.25) is 0 Å². The van der Waals surface area contributed by atoms with E-state index < -0.39 is 38.0 Å². The zero-order valence-electron chi connectivity index (χ0n) is 21.8. The van der Waals surface area contributed by atoms with Crippen molar-refractivity contribution in [2.75, 3.05) is 0 Å². The van der Waals surface area contributed by atoms with Crippen LogP contribution >= 0.6 is 16.3 Å². The quantitative estimate of drug-likeness (QED) is 0.208. The van der Waals surface area contributed by atoms with Gasteiger partial charge in [-0.05, 0) is 0 Å². The molecule has 6 atom stereocenters. The van der Waals surface area contributed by atoms with Crippen LogP contribution in [-0.2, 0) is 13.8 Å². The summed E-state index contributed by atoms with van der Waals surface area (Å²) in [6.07, 6.45) is 4.81. The van der Waals surface area contributed by atoms with Crippen molar-refractivity contribution >= 4 is 24.2 Å². The monoisotopic (exact) mass is 498 g/mol. The zero-order chi connectivity index (χ0) is 25.0. The summed E-state index contributed by atoms with van der Waals surface area (Å²) in [4.78, 5) is 33.3. The van der Waals surface area contributed by atoms with Gasteiger partial charge >= 0.3 is 198 Å². The third-order valence-corrected chi connectivity index (χ3v) is 13.0. The zero-order valence-corrected chi connectivity index (χ0v) is 23.7. The fourth-order valence-corrected chi connectivity index (χ4v) is 8.36. The summed E-state index contributed by atoms with van der Waals surface area (Å²) in [7, 11) is -4.44. The van der Waals surface area contributed by atoms with Crippen molar-refractivity contribution in [1.82, 2.24) is 0 Å². The van der Waals surface area contributed by atoms with Gasteiger partial charge in [0.1, 0.15) is 0 Å². The molecule has 1 aliphatic rings. The van der Waals surface area contributed by atoms with Gasteiger partial charge in [-0.15, -0.1) is 0 Å². The van der Waals surface area contributed by atoms with Crippen molar-refractivity contribution in [3.63, 3.8) is 0 Å². The van der Waals surface area contributed by atoms with E-state index in [1.165, 1.54) is 0 Å². The molecular formula is C22H49BO7P2. The molecule has 0 aromatic carbocycles. The first-order valence-corrected chi connectivity index (χ1v) is 15.3. The van der Waals surface area contributed by atoms with E-state index in [2.05, 4.69) is 7.85 Å². The van der Waals surface area contributed by atoms with Crippen LogP contribution in [0.3, 0.4) is 0 Å². The number of aliphatic hydroxyl groups is 1. The van der Waals surface area contributed by atoms with Gasteiger partial charge in [-0.1, -0.05) is 0 Å². The average molecular weight is 498 g/mol. The first kappa shape index (κ1) is 30.7. The van der Waals surface area contributed by atoms with Crippen molar-refractivity contribution in [1.29, 1.82) is 0 Å². The summed E-state index contributed by atoms with van der Waals surface area (Å²) in [5.41, 5.74) is -1.68. The molecule has 0 amide bonds. The molecule has 10 heteroatoms. The van der Waals surface area contributed by atoms with Crippen molar-refractivity contribution in [2.24, 2.45) is 0 Å². The van der Waals surface area contributed by atoms with Crippen molar-refractivity contribution in [3.8, 4) is 0 Å². The fourth-order valence-electron chi connectivity index (χ4n) is 4.47. The van der Waals surface area contributed by atoms with Gasteiger partial charge in [0, 0.05) is 0 Å². The van der Waals surface area contributed by atoms with E-state index >= 15 is 0 Å². The Balaban J connectivity index is 3.17. The molecule has 5 unspecified atom stereocenters. The van der Waals surface area contributed by atoms with Crippen LogP contribution in [0.15, 0.2) is 0 Å². The molecule has 0 aliphatic carbocycles. The second-order valence-corrected chi connectivity index (χ2v) is 14.2. The Hall–Kier alpha value is 0.645. The molecule has 0 spiro atoms. The van der Waals surface area contributed by atoms with Crippen LogP contribution in [0.5, 0.6) is 0 Å². The van der Waals surface area contributed by atoms with E-state index in [9.17, 15) is 19.8 Å². The van der Waals surface area contributed by atoms with E-state index in [1.807, 2.05) is 34.6 Å². The fraction of sp³-hybridized carbons (Fsp3) is 1.00. The molecule has 0 radical (unpaired) electrons. The van der Waals surface area contributed by atoms with Crippen LogP contribution in [0.25, 0.3) is 0 Å². The van der Waals surface area contributed by atoms with E-state index in [0.29, 0.717) is 25.7 Å². The van der Waals surface area contributed by atoms with E-state index in [4.69, 9.17) is 13.8 Å². The number of hydrogen-bond acceptors (Lipinski definition) is 7. The van der Waals surface area contributed by atoms with Crippen LogP contribution in [0, 0.1) is 0 Å². The van der Waals surface area contributed by atoms with Crippen LogP contribution < -0.4 is 0 Å². The molecule has 1 rings (SSSR count). The molecule has 32 heavy (non-hydrogen) atoms. The van der Waals surface area contributed by atoms with Crippen LogP contribution in [0.1, 0.15) is 107 Å². The van der Waals surface area contributed by atoms with Gasteiger partial charge in [-0.25, -0.2) is 0 Å². The Labute approximate surface area is 198 Å². The Morgan fingerprint density at radius 1 is 0.969 bits per heavy atom. The van der Waals surface area contributed by atoms with Gasteiger partial charge in [0.15, 0.2) is 0 Å². The van der Waals surface area contributed by atoms with Crippen molar-refractivity contribution in [2.45, 2.75) is 141 Å². The second kappa shape index (κ2) is 11.6. The molecule has 0 aromatic rings. The Morgan fingerprint density at radius 3 is 1.91 bits per heavy atom. The molecule has 1 heterocycles. The standard InChI is InChI=1S/C22H49BO7P2/c1-9-19(6,16-17-14-15-18(23)28-17)29-31(25)21(8,11-3)20(7,10-2)30-32(26,27)22(24,12-4)13-5/h17-18,24-27,32H,9-16,23H2,1-8H3/t17?,18-,19?,20?,21?,31?/m1/s1. The minimum atomic E-state index is -4.51. The second-order valence-electron chi connectivity index (χ2n) is 10.2. The molecule has 1 saturated heterocycles. The predicted molar refractivity (Wildman–Crippen MR) is 137 cm³/mol. The molecule has 0 saturated carbocycles. The van der Waals surface area contributed by atoms with Gasteiger partial charge in [-0.2, -0.15) is 0 Å². The number of ether oxygens (including phenoxy) is 1. The average Bonchev–Trinajstić information content (AvgIpc) is 3.15. The first-order chi connectivity index (χ1) is 14.6. The Bertz CT molecular complexity index is 595. The molecular weight excluding hydrogens is 449 g/mol. The Kier molecular flexibility index (Phi) is 11.1. The van der Waals surface area contributed by atoms with Gasteiger partial charge in [0.05, 0.1) is 0 Å². The predicted octanol–water partition coefficient (Wildman–Crippen LogP) is 4.35. The maximum absolute atomic E-state index is 11.5. The first-order valence-electron chi connectivity index (χ1n) is 12.3. The third-order valence-electron chi connectivity index (χ3n) is 8.10. The van der Waals surface area contributed by atoms with Gasteiger partial charge < -0.3 is 0 Å².